The number of carbonyl (C=O) groups is 3. The lowest BCUT2D eigenvalue weighted by Crippen LogP contribution is -2.46. The van der Waals surface area contributed by atoms with E-state index in [0.717, 1.165) is 11.3 Å². The summed E-state index contributed by atoms with van der Waals surface area (Å²) in [6, 6.07) is 2.40. The van der Waals surface area contributed by atoms with Crippen molar-refractivity contribution in [3.8, 4) is 0 Å². The molecule has 9 nitrogen and oxygen atoms in total. The second kappa shape index (κ2) is 10.1. The molecule has 0 bridgehead atoms. The van der Waals surface area contributed by atoms with E-state index in [0.29, 0.717) is 16.5 Å². The monoisotopic (exact) mass is 420 g/mol. The summed E-state index contributed by atoms with van der Waals surface area (Å²) in [6.07, 6.45) is 0.416. The van der Waals surface area contributed by atoms with Gasteiger partial charge in [-0.3, -0.25) is 10.1 Å². The summed E-state index contributed by atoms with van der Waals surface area (Å²) in [6.45, 7) is 8.58. The number of imide groups is 1. The number of esters is 1. The van der Waals surface area contributed by atoms with Crippen molar-refractivity contribution in [2.24, 2.45) is 0 Å². The molecule has 2 aromatic heterocycles. The summed E-state index contributed by atoms with van der Waals surface area (Å²) in [4.78, 5) is 40.5. The van der Waals surface area contributed by atoms with Crippen LogP contribution in [0, 0.1) is 13.8 Å². The Bertz CT molecular complexity index is 877. The molecule has 3 amide bonds. The van der Waals surface area contributed by atoms with E-state index in [1.54, 1.807) is 32.2 Å². The van der Waals surface area contributed by atoms with Crippen molar-refractivity contribution in [3.63, 3.8) is 0 Å². The number of rotatable bonds is 7. The Labute approximate surface area is 173 Å². The highest BCUT2D eigenvalue weighted by Gasteiger charge is 2.23. The van der Waals surface area contributed by atoms with E-state index in [2.05, 4.69) is 20.8 Å². The molecule has 2 rings (SSSR count). The zero-order valence-corrected chi connectivity index (χ0v) is 17.8. The van der Waals surface area contributed by atoms with Gasteiger partial charge >= 0.3 is 12.0 Å². The van der Waals surface area contributed by atoms with E-state index in [-0.39, 0.29) is 11.6 Å². The average molecular weight is 420 g/mol. The SMILES string of the molecule is Cc1noc(C)c1CSc1ncccc1C(=O)O[C@@H](C)C(=O)NC(=O)NC(C)C. The smallest absolute Gasteiger partial charge is 0.341 e. The van der Waals surface area contributed by atoms with Gasteiger partial charge in [0.25, 0.3) is 5.91 Å². The quantitative estimate of drug-likeness (QED) is 0.518. The van der Waals surface area contributed by atoms with Gasteiger partial charge in [0.2, 0.25) is 0 Å². The second-order valence-corrected chi connectivity index (χ2v) is 7.58. The number of urea groups is 1. The van der Waals surface area contributed by atoms with Crippen molar-refractivity contribution >= 4 is 29.7 Å². The Hall–Kier alpha value is -2.88. The van der Waals surface area contributed by atoms with Crippen LogP contribution in [0.2, 0.25) is 0 Å². The maximum atomic E-state index is 12.6. The fraction of sp³-hybridized carbons (Fsp3) is 0.421. The Morgan fingerprint density at radius 2 is 1.97 bits per heavy atom. The molecule has 0 unspecified atom stereocenters. The molecule has 29 heavy (non-hydrogen) atoms. The number of hydrogen-bond acceptors (Lipinski definition) is 8. The van der Waals surface area contributed by atoms with Crippen LogP contribution in [0.15, 0.2) is 27.9 Å². The lowest BCUT2D eigenvalue weighted by Gasteiger charge is -2.15. The molecule has 0 radical (unpaired) electrons. The van der Waals surface area contributed by atoms with Gasteiger partial charge in [-0.25, -0.2) is 14.6 Å². The number of nitrogens with one attached hydrogen (secondary N) is 2. The number of nitrogens with zero attached hydrogens (tertiary/aromatic N) is 2. The minimum atomic E-state index is -1.15. The van der Waals surface area contributed by atoms with Gasteiger partial charge in [0.15, 0.2) is 6.10 Å². The number of pyridine rings is 1. The Kier molecular flexibility index (Phi) is 7.77. The molecule has 0 spiro atoms. The molecule has 2 N–H and O–H groups in total. The summed E-state index contributed by atoms with van der Waals surface area (Å²) in [5, 5.41) is 9.03. The lowest BCUT2D eigenvalue weighted by molar-refractivity contribution is -0.127. The Morgan fingerprint density at radius 1 is 1.24 bits per heavy atom. The highest BCUT2D eigenvalue weighted by molar-refractivity contribution is 7.98. The first-order chi connectivity index (χ1) is 13.7. The van der Waals surface area contributed by atoms with Crippen molar-refractivity contribution in [2.75, 3.05) is 0 Å². The molecule has 2 aromatic rings. The Balaban J connectivity index is 2.02. The molecule has 0 aliphatic rings. The number of hydrogen-bond donors (Lipinski definition) is 2. The summed E-state index contributed by atoms with van der Waals surface area (Å²) < 4.78 is 10.4. The molecule has 0 aliphatic heterocycles. The normalized spacial score (nSPS) is 11.8. The van der Waals surface area contributed by atoms with Gasteiger partial charge in [-0.05, 0) is 46.8 Å². The topological polar surface area (TPSA) is 123 Å². The number of amides is 3. The summed E-state index contributed by atoms with van der Waals surface area (Å²) in [5.41, 5.74) is 1.94. The highest BCUT2D eigenvalue weighted by Crippen LogP contribution is 2.27. The summed E-state index contributed by atoms with van der Waals surface area (Å²) >= 11 is 1.34. The maximum Gasteiger partial charge on any atom is 0.341 e. The van der Waals surface area contributed by atoms with E-state index in [9.17, 15) is 14.4 Å². The van der Waals surface area contributed by atoms with Crippen molar-refractivity contribution in [1.82, 2.24) is 20.8 Å². The van der Waals surface area contributed by atoms with Crippen LogP contribution in [0.25, 0.3) is 0 Å². The van der Waals surface area contributed by atoms with Crippen LogP contribution in [-0.4, -0.2) is 40.2 Å². The zero-order chi connectivity index (χ0) is 21.6. The van der Waals surface area contributed by atoms with Gasteiger partial charge in [0, 0.05) is 23.6 Å². The second-order valence-electron chi connectivity index (χ2n) is 6.61. The molecule has 0 aliphatic carbocycles. The number of thioether (sulfide) groups is 1. The minimum absolute atomic E-state index is 0.131. The van der Waals surface area contributed by atoms with Gasteiger partial charge in [0.1, 0.15) is 10.8 Å². The molecule has 10 heteroatoms. The van der Waals surface area contributed by atoms with E-state index < -0.39 is 24.0 Å². The van der Waals surface area contributed by atoms with Gasteiger partial charge in [0.05, 0.1) is 11.3 Å². The first-order valence-electron chi connectivity index (χ1n) is 9.01. The zero-order valence-electron chi connectivity index (χ0n) is 16.9. The lowest BCUT2D eigenvalue weighted by atomic mass is 10.2. The van der Waals surface area contributed by atoms with Crippen LogP contribution >= 0.6 is 11.8 Å². The van der Waals surface area contributed by atoms with Gasteiger partial charge in [-0.1, -0.05) is 5.16 Å². The fourth-order valence-electron chi connectivity index (χ4n) is 2.30. The van der Waals surface area contributed by atoms with Gasteiger partial charge < -0.3 is 14.6 Å². The molecular formula is C19H24N4O5S. The van der Waals surface area contributed by atoms with Crippen LogP contribution in [0.4, 0.5) is 4.79 Å². The predicted octanol–water partition coefficient (Wildman–Crippen LogP) is 2.76. The van der Waals surface area contributed by atoms with E-state index in [4.69, 9.17) is 9.26 Å². The van der Waals surface area contributed by atoms with Crippen LogP contribution in [0.1, 0.15) is 48.1 Å². The van der Waals surface area contributed by atoms with E-state index in [1.165, 1.54) is 18.7 Å². The van der Waals surface area contributed by atoms with Gasteiger partial charge in [-0.2, -0.15) is 0 Å². The molecular weight excluding hydrogens is 396 g/mol. The summed E-state index contributed by atoms with van der Waals surface area (Å²) in [7, 11) is 0. The van der Waals surface area contributed by atoms with Crippen LogP contribution < -0.4 is 10.6 Å². The Morgan fingerprint density at radius 3 is 2.59 bits per heavy atom. The van der Waals surface area contributed by atoms with Crippen molar-refractivity contribution in [3.05, 3.63) is 40.9 Å². The van der Waals surface area contributed by atoms with Crippen LogP contribution in [-0.2, 0) is 15.3 Å². The van der Waals surface area contributed by atoms with Crippen LogP contribution in [0.5, 0.6) is 0 Å². The first-order valence-corrected chi connectivity index (χ1v) is 9.99. The van der Waals surface area contributed by atoms with Crippen molar-refractivity contribution in [2.45, 2.75) is 57.5 Å². The number of aryl methyl sites for hydroxylation is 2. The third-order valence-electron chi connectivity index (χ3n) is 3.84. The molecule has 0 aromatic carbocycles. The van der Waals surface area contributed by atoms with E-state index >= 15 is 0 Å². The van der Waals surface area contributed by atoms with Crippen molar-refractivity contribution < 1.29 is 23.6 Å². The third-order valence-corrected chi connectivity index (χ3v) is 4.87. The highest BCUT2D eigenvalue weighted by atomic mass is 32.2. The van der Waals surface area contributed by atoms with Gasteiger partial charge in [-0.15, -0.1) is 11.8 Å². The minimum Gasteiger partial charge on any atom is -0.449 e. The van der Waals surface area contributed by atoms with Crippen LogP contribution in [0.3, 0.4) is 0 Å². The average Bonchev–Trinajstić information content (AvgIpc) is 2.97. The number of carbonyl (C=O) groups excluding carboxylic acids is 3. The first kappa shape index (κ1) is 22.4. The third kappa shape index (κ3) is 6.31. The van der Waals surface area contributed by atoms with E-state index in [1.807, 2.05) is 13.8 Å². The molecule has 2 heterocycles. The standard InChI is InChI=1S/C19H24N4O5S/c1-10(2)21-19(26)22-16(24)13(5)27-18(25)14-7-6-8-20-17(14)29-9-15-11(3)23-28-12(15)4/h6-8,10,13H,9H2,1-5H3,(H2,21,22,24,26)/t13-/m0/s1. The molecule has 1 atom stereocenters. The van der Waals surface area contributed by atoms with Crippen molar-refractivity contribution in [1.29, 1.82) is 0 Å². The largest absolute Gasteiger partial charge is 0.449 e. The number of aromatic nitrogens is 2. The molecule has 0 saturated heterocycles. The predicted molar refractivity (Wildman–Crippen MR) is 106 cm³/mol. The maximum absolute atomic E-state index is 12.6. The molecule has 156 valence electrons. The molecule has 0 saturated carbocycles. The molecule has 0 fully saturated rings. The fourth-order valence-corrected chi connectivity index (χ4v) is 3.43. The summed E-state index contributed by atoms with van der Waals surface area (Å²) in [5.74, 6) is -0.194. The number of ether oxygens (including phenoxy) is 1.